The van der Waals surface area contributed by atoms with Gasteiger partial charge in [-0.25, -0.2) is 9.59 Å². The highest BCUT2D eigenvalue weighted by Gasteiger charge is 2.51. The largest absolute Gasteiger partial charge is 0.477 e. The number of carboxylic acids is 1. The van der Waals surface area contributed by atoms with Gasteiger partial charge in [-0.05, 0) is 76.5 Å². The molecule has 2 aromatic carbocycles. The number of aromatic nitrogens is 1. The number of alkyl carbamates (subject to hydrolysis) is 1. The Morgan fingerprint density at radius 3 is 2.25 bits per heavy atom. The Balaban J connectivity index is 1.46. The van der Waals surface area contributed by atoms with Gasteiger partial charge in [-0.3, -0.25) is 9.59 Å². The van der Waals surface area contributed by atoms with E-state index in [4.69, 9.17) is 4.74 Å². The average Bonchev–Trinajstić information content (AvgIpc) is 3.58. The number of nitrogens with one attached hydrogen (secondary N) is 2. The Labute approximate surface area is 257 Å². The summed E-state index contributed by atoms with van der Waals surface area (Å²) in [7, 11) is 1.57. The number of carboxylic acid groups (broad SMARTS) is 1. The third-order valence-corrected chi connectivity index (χ3v) is 8.86. The number of benzene rings is 2. The summed E-state index contributed by atoms with van der Waals surface area (Å²) >= 11 is 0. The van der Waals surface area contributed by atoms with E-state index in [9.17, 15) is 24.3 Å². The van der Waals surface area contributed by atoms with Crippen molar-refractivity contribution in [3.05, 3.63) is 71.9 Å². The Bertz CT molecular complexity index is 1520. The molecule has 1 aromatic heterocycles. The maximum atomic E-state index is 14.6. The van der Waals surface area contributed by atoms with Crippen molar-refractivity contribution in [2.75, 3.05) is 13.6 Å². The first-order valence-corrected chi connectivity index (χ1v) is 15.4. The van der Waals surface area contributed by atoms with Crippen LogP contribution in [0.5, 0.6) is 0 Å². The summed E-state index contributed by atoms with van der Waals surface area (Å²) in [5.74, 6) is -1.96. The number of hydrogen-bond donors (Lipinski definition) is 3. The quantitative estimate of drug-likeness (QED) is 0.337. The molecular weight excluding hydrogens is 560 g/mol. The van der Waals surface area contributed by atoms with E-state index in [1.54, 1.807) is 22.6 Å². The molecule has 10 nitrogen and oxygen atoms in total. The molecule has 3 amide bonds. The number of carbonyl (C=O) groups excluding carboxylic acids is 3. The van der Waals surface area contributed by atoms with Crippen molar-refractivity contribution >= 4 is 34.8 Å². The number of ether oxygens (including phenoxy) is 1. The van der Waals surface area contributed by atoms with E-state index in [0.717, 1.165) is 23.8 Å². The van der Waals surface area contributed by atoms with Crippen molar-refractivity contribution in [1.82, 2.24) is 20.1 Å². The van der Waals surface area contributed by atoms with E-state index in [0.29, 0.717) is 31.3 Å². The second kappa shape index (κ2) is 12.7. The molecule has 0 radical (unpaired) electrons. The van der Waals surface area contributed by atoms with E-state index in [1.807, 2.05) is 75.4 Å². The van der Waals surface area contributed by atoms with Crippen LogP contribution >= 0.6 is 0 Å². The number of likely N-dealkylation sites (N-methyl/N-ethyl adjacent to an activating group) is 1. The number of nitrogens with zero attached hydrogens (tertiary/aromatic N) is 2. The van der Waals surface area contributed by atoms with Gasteiger partial charge in [-0.1, -0.05) is 48.5 Å². The molecule has 3 N–H and O–H groups in total. The molecule has 1 unspecified atom stereocenters. The van der Waals surface area contributed by atoms with E-state index in [-0.39, 0.29) is 35.3 Å². The third kappa shape index (κ3) is 6.44. The van der Waals surface area contributed by atoms with Crippen LogP contribution in [-0.2, 0) is 14.3 Å². The zero-order valence-electron chi connectivity index (χ0n) is 25.8. The molecule has 10 heteroatoms. The molecule has 1 aliphatic carbocycles. The molecular formula is C34H42N4O6. The molecule has 1 saturated carbocycles. The van der Waals surface area contributed by atoms with Crippen LogP contribution in [0, 0.1) is 11.8 Å². The summed E-state index contributed by atoms with van der Waals surface area (Å²) in [5, 5.41) is 16.6. The van der Waals surface area contributed by atoms with Crippen molar-refractivity contribution in [3.8, 4) is 0 Å². The van der Waals surface area contributed by atoms with Crippen LogP contribution in [0.4, 0.5) is 4.79 Å². The van der Waals surface area contributed by atoms with Crippen molar-refractivity contribution in [1.29, 1.82) is 0 Å². The molecule has 5 rings (SSSR count). The molecule has 2 heterocycles. The normalized spacial score (nSPS) is 23.7. The van der Waals surface area contributed by atoms with Crippen LogP contribution in [0.15, 0.2) is 60.7 Å². The molecule has 3 atom stereocenters. The Hall–Kier alpha value is -4.34. The standard InChI is InChI=1S/C34H42N4O6/c1-34(2,3)44-33(43)36-20-21-14-16-23(17-15-21)31(40)38-28(37-26-13-9-8-12-24(26)18-27(37)32(41)42)19-25(29(38)30(39)35-4)22-10-6-5-7-11-22/h5-13,18,21,23,25,28-29H,14-17,19-20H2,1-4H3,(H,35,39)(H,36,43)(H,41,42)/t21-,23-,25-,28?,29-/m0/s1. The van der Waals surface area contributed by atoms with Gasteiger partial charge in [0.25, 0.3) is 0 Å². The summed E-state index contributed by atoms with van der Waals surface area (Å²) in [6, 6.07) is 17.9. The van der Waals surface area contributed by atoms with Gasteiger partial charge in [0.15, 0.2) is 0 Å². The van der Waals surface area contributed by atoms with Crippen molar-refractivity contribution in [2.45, 2.75) is 76.6 Å². The molecule has 2 fully saturated rings. The third-order valence-electron chi connectivity index (χ3n) is 8.86. The topological polar surface area (TPSA) is 130 Å². The van der Waals surface area contributed by atoms with Gasteiger partial charge in [-0.15, -0.1) is 0 Å². The van der Waals surface area contributed by atoms with Crippen LogP contribution in [-0.4, -0.2) is 63.7 Å². The van der Waals surface area contributed by atoms with Crippen LogP contribution in [0.25, 0.3) is 10.9 Å². The molecule has 44 heavy (non-hydrogen) atoms. The minimum absolute atomic E-state index is 0.0790. The highest BCUT2D eigenvalue weighted by Crippen LogP contribution is 2.46. The summed E-state index contributed by atoms with van der Waals surface area (Å²) in [5.41, 5.74) is 1.13. The van der Waals surface area contributed by atoms with Gasteiger partial charge in [-0.2, -0.15) is 0 Å². The number of rotatable bonds is 7. The zero-order valence-corrected chi connectivity index (χ0v) is 25.8. The molecule has 3 aromatic rings. The highest BCUT2D eigenvalue weighted by atomic mass is 16.6. The number of fused-ring (bicyclic) bond motifs is 1. The maximum absolute atomic E-state index is 14.6. The van der Waals surface area contributed by atoms with E-state index >= 15 is 0 Å². The fraction of sp³-hybridized carbons (Fsp3) is 0.471. The second-order valence-corrected chi connectivity index (χ2v) is 12.9. The van der Waals surface area contributed by atoms with Gasteiger partial charge in [0.1, 0.15) is 23.5 Å². The Morgan fingerprint density at radius 1 is 0.955 bits per heavy atom. The van der Waals surface area contributed by atoms with Crippen LogP contribution in [0.2, 0.25) is 0 Å². The molecule has 1 saturated heterocycles. The first-order valence-electron chi connectivity index (χ1n) is 15.4. The number of amides is 3. The smallest absolute Gasteiger partial charge is 0.407 e. The van der Waals surface area contributed by atoms with Crippen molar-refractivity contribution in [2.24, 2.45) is 11.8 Å². The first kappa shape index (κ1) is 31.1. The lowest BCUT2D eigenvalue weighted by atomic mass is 9.81. The molecule has 2 aliphatic rings. The van der Waals surface area contributed by atoms with E-state index < -0.39 is 29.9 Å². The number of carbonyl (C=O) groups is 4. The Morgan fingerprint density at radius 2 is 1.61 bits per heavy atom. The summed E-state index contributed by atoms with van der Waals surface area (Å²) in [6.45, 7) is 5.93. The number of hydrogen-bond acceptors (Lipinski definition) is 5. The summed E-state index contributed by atoms with van der Waals surface area (Å²) in [6.07, 6.45) is 1.96. The summed E-state index contributed by atoms with van der Waals surface area (Å²) in [4.78, 5) is 54.5. The minimum Gasteiger partial charge on any atom is -0.477 e. The summed E-state index contributed by atoms with van der Waals surface area (Å²) < 4.78 is 7.09. The lowest BCUT2D eigenvalue weighted by Gasteiger charge is -2.37. The van der Waals surface area contributed by atoms with Crippen LogP contribution in [0.3, 0.4) is 0 Å². The SMILES string of the molecule is CNC(=O)[C@@H]1[C@H](c2ccccc2)CC(n2c(C(=O)O)cc3ccccc32)N1C(=O)[C@H]1CC[C@H](CNC(=O)OC(C)(C)C)CC1. The fourth-order valence-corrected chi connectivity index (χ4v) is 6.87. The van der Waals surface area contributed by atoms with Gasteiger partial charge < -0.3 is 29.9 Å². The van der Waals surface area contributed by atoms with Gasteiger partial charge in [0.05, 0.1) is 5.52 Å². The first-order chi connectivity index (χ1) is 21.0. The molecule has 234 valence electrons. The number of aromatic carboxylic acids is 1. The van der Waals surface area contributed by atoms with Crippen LogP contribution in [0.1, 0.15) is 81.0 Å². The maximum Gasteiger partial charge on any atom is 0.407 e. The van der Waals surface area contributed by atoms with Crippen molar-refractivity contribution in [3.63, 3.8) is 0 Å². The second-order valence-electron chi connectivity index (χ2n) is 12.9. The average molecular weight is 603 g/mol. The minimum atomic E-state index is -1.09. The molecule has 0 bridgehead atoms. The predicted octanol–water partition coefficient (Wildman–Crippen LogP) is 5.30. The highest BCUT2D eigenvalue weighted by molar-refractivity contribution is 5.95. The number of para-hydroxylation sites is 1. The zero-order chi connectivity index (χ0) is 31.6. The van der Waals surface area contributed by atoms with Gasteiger partial charge in [0.2, 0.25) is 11.8 Å². The lowest BCUT2D eigenvalue weighted by molar-refractivity contribution is -0.146. The predicted molar refractivity (Wildman–Crippen MR) is 166 cm³/mol. The molecule has 1 aliphatic heterocycles. The van der Waals surface area contributed by atoms with Crippen LogP contribution < -0.4 is 10.6 Å². The fourth-order valence-electron chi connectivity index (χ4n) is 6.87. The van der Waals surface area contributed by atoms with E-state index in [1.165, 1.54) is 0 Å². The Kier molecular flexibility index (Phi) is 8.99. The van der Waals surface area contributed by atoms with Gasteiger partial charge in [0, 0.05) is 30.8 Å². The number of likely N-dealkylation sites (tertiary alicyclic amines) is 1. The molecule has 0 spiro atoms. The monoisotopic (exact) mass is 602 g/mol. The lowest BCUT2D eigenvalue weighted by Crippen LogP contribution is -2.51. The van der Waals surface area contributed by atoms with Crippen molar-refractivity contribution < 1.29 is 29.0 Å². The van der Waals surface area contributed by atoms with Gasteiger partial charge >= 0.3 is 12.1 Å². The van der Waals surface area contributed by atoms with E-state index in [2.05, 4.69) is 10.6 Å².